The third kappa shape index (κ3) is 6.48. The molecule has 16 heavy (non-hydrogen) atoms. The Morgan fingerprint density at radius 2 is 1.75 bits per heavy atom. The second kappa shape index (κ2) is 6.60. The van der Waals surface area contributed by atoms with E-state index in [1.807, 2.05) is 7.05 Å². The van der Waals surface area contributed by atoms with Gasteiger partial charge in [-0.3, -0.25) is 0 Å². The van der Waals surface area contributed by atoms with Gasteiger partial charge in [-0.15, -0.1) is 0 Å². The molecule has 0 saturated heterocycles. The van der Waals surface area contributed by atoms with Crippen LogP contribution in [-0.4, -0.2) is 33.0 Å². The summed E-state index contributed by atoms with van der Waals surface area (Å²) in [6.45, 7) is 8.28. The summed E-state index contributed by atoms with van der Waals surface area (Å²) in [6.07, 6.45) is 2.85. The van der Waals surface area contributed by atoms with Crippen LogP contribution >= 0.6 is 0 Å². The maximum absolute atomic E-state index is 11.9. The summed E-state index contributed by atoms with van der Waals surface area (Å²) in [6, 6.07) is 0.0270. The largest absolute Gasteiger partial charge is 0.315 e. The molecule has 4 heteroatoms. The molecule has 0 aliphatic rings. The van der Waals surface area contributed by atoms with E-state index in [1.54, 1.807) is 0 Å². The van der Waals surface area contributed by atoms with Crippen LogP contribution in [0.25, 0.3) is 0 Å². The van der Waals surface area contributed by atoms with E-state index in [0.717, 1.165) is 19.3 Å². The Kier molecular flexibility index (Phi) is 6.56. The molecule has 0 radical (unpaired) electrons. The van der Waals surface area contributed by atoms with Crippen LogP contribution in [0.3, 0.4) is 0 Å². The summed E-state index contributed by atoms with van der Waals surface area (Å²) in [5.41, 5.74) is -0.0213. The number of hydrogen-bond acceptors (Lipinski definition) is 3. The molecule has 0 bridgehead atoms. The van der Waals surface area contributed by atoms with Gasteiger partial charge < -0.3 is 5.32 Å². The van der Waals surface area contributed by atoms with Crippen molar-refractivity contribution in [2.75, 3.05) is 18.6 Å². The summed E-state index contributed by atoms with van der Waals surface area (Å²) in [4.78, 5) is 0. The van der Waals surface area contributed by atoms with E-state index >= 15 is 0 Å². The number of sulfone groups is 1. The standard InChI is InChI=1S/C12H27NO2S/c1-6-7-8-9-16(14,15)10-11(13-5)12(2,3)4/h11,13H,6-10H2,1-5H3. The van der Waals surface area contributed by atoms with Crippen molar-refractivity contribution >= 4 is 9.84 Å². The van der Waals surface area contributed by atoms with Crippen molar-refractivity contribution in [3.05, 3.63) is 0 Å². The molecular weight excluding hydrogens is 222 g/mol. The predicted octanol–water partition coefficient (Wildman–Crippen LogP) is 2.23. The first-order valence-electron chi connectivity index (χ1n) is 6.10. The van der Waals surface area contributed by atoms with E-state index in [-0.39, 0.29) is 17.2 Å². The van der Waals surface area contributed by atoms with Gasteiger partial charge in [0, 0.05) is 6.04 Å². The van der Waals surface area contributed by atoms with Crippen LogP contribution in [0.1, 0.15) is 47.0 Å². The van der Waals surface area contributed by atoms with Crippen LogP contribution in [0.2, 0.25) is 0 Å². The van der Waals surface area contributed by atoms with Crippen molar-refractivity contribution in [3.63, 3.8) is 0 Å². The Morgan fingerprint density at radius 3 is 2.12 bits per heavy atom. The van der Waals surface area contributed by atoms with E-state index in [4.69, 9.17) is 0 Å². The zero-order valence-corrected chi connectivity index (χ0v) is 12.2. The summed E-state index contributed by atoms with van der Waals surface area (Å²) in [5.74, 6) is 0.575. The first-order chi connectivity index (χ1) is 7.23. The van der Waals surface area contributed by atoms with Gasteiger partial charge in [0.2, 0.25) is 0 Å². The fourth-order valence-corrected chi connectivity index (χ4v) is 3.66. The SMILES string of the molecule is CCCCCS(=O)(=O)CC(NC)C(C)(C)C. The van der Waals surface area contributed by atoms with Crippen LogP contribution in [-0.2, 0) is 9.84 Å². The third-order valence-corrected chi connectivity index (χ3v) is 4.63. The molecule has 3 nitrogen and oxygen atoms in total. The second-order valence-corrected chi connectivity index (χ2v) is 7.76. The Labute approximate surface area is 101 Å². The lowest BCUT2D eigenvalue weighted by Gasteiger charge is -2.30. The van der Waals surface area contributed by atoms with Gasteiger partial charge in [0.25, 0.3) is 0 Å². The highest BCUT2D eigenvalue weighted by atomic mass is 32.2. The molecule has 0 spiro atoms. The minimum Gasteiger partial charge on any atom is -0.315 e. The number of rotatable bonds is 7. The second-order valence-electron chi connectivity index (χ2n) is 5.53. The van der Waals surface area contributed by atoms with Gasteiger partial charge in [-0.25, -0.2) is 8.42 Å². The summed E-state index contributed by atoms with van der Waals surface area (Å²) < 4.78 is 23.8. The minimum atomic E-state index is -2.91. The third-order valence-electron chi connectivity index (χ3n) is 2.87. The summed E-state index contributed by atoms with van der Waals surface area (Å²) >= 11 is 0. The molecule has 0 saturated carbocycles. The Bertz CT molecular complexity index is 278. The highest BCUT2D eigenvalue weighted by molar-refractivity contribution is 7.91. The van der Waals surface area contributed by atoms with Crippen molar-refractivity contribution in [3.8, 4) is 0 Å². The van der Waals surface area contributed by atoms with Crippen LogP contribution in [0.4, 0.5) is 0 Å². The molecule has 0 aromatic heterocycles. The molecule has 0 aromatic carbocycles. The first-order valence-corrected chi connectivity index (χ1v) is 7.92. The Hall–Kier alpha value is -0.0900. The van der Waals surface area contributed by atoms with Crippen LogP contribution in [0.5, 0.6) is 0 Å². The fourth-order valence-electron chi connectivity index (χ4n) is 1.68. The topological polar surface area (TPSA) is 46.2 Å². The number of hydrogen-bond donors (Lipinski definition) is 1. The van der Waals surface area contributed by atoms with Gasteiger partial charge in [-0.1, -0.05) is 40.5 Å². The predicted molar refractivity (Wildman–Crippen MR) is 70.5 cm³/mol. The lowest BCUT2D eigenvalue weighted by Crippen LogP contribution is -2.43. The van der Waals surface area contributed by atoms with Crippen molar-refractivity contribution in [2.24, 2.45) is 5.41 Å². The lowest BCUT2D eigenvalue weighted by atomic mass is 9.88. The highest BCUT2D eigenvalue weighted by Crippen LogP contribution is 2.20. The first kappa shape index (κ1) is 15.9. The molecule has 0 amide bonds. The Balaban J connectivity index is 4.33. The zero-order valence-electron chi connectivity index (χ0n) is 11.3. The minimum absolute atomic E-state index is 0.0213. The molecule has 0 aliphatic heterocycles. The smallest absolute Gasteiger partial charge is 0.151 e. The Morgan fingerprint density at radius 1 is 1.19 bits per heavy atom. The molecule has 1 N–H and O–H groups in total. The molecule has 1 atom stereocenters. The van der Waals surface area contributed by atoms with E-state index in [1.165, 1.54) is 0 Å². The molecule has 0 fully saturated rings. The summed E-state index contributed by atoms with van der Waals surface area (Å²) in [7, 11) is -1.08. The molecule has 0 aliphatic carbocycles. The average Bonchev–Trinajstić information content (AvgIpc) is 2.12. The molecule has 0 aromatic rings. The van der Waals surface area contributed by atoms with E-state index < -0.39 is 9.84 Å². The highest BCUT2D eigenvalue weighted by Gasteiger charge is 2.27. The van der Waals surface area contributed by atoms with E-state index in [0.29, 0.717) is 5.75 Å². The average molecular weight is 249 g/mol. The van der Waals surface area contributed by atoms with Gasteiger partial charge in [-0.2, -0.15) is 0 Å². The number of unbranched alkanes of at least 4 members (excludes halogenated alkanes) is 2. The molecule has 98 valence electrons. The van der Waals surface area contributed by atoms with Crippen molar-refractivity contribution < 1.29 is 8.42 Å². The quantitative estimate of drug-likeness (QED) is 0.704. The van der Waals surface area contributed by atoms with Gasteiger partial charge in [0.1, 0.15) is 0 Å². The zero-order chi connectivity index (χ0) is 12.8. The molecule has 1 unspecified atom stereocenters. The van der Waals surface area contributed by atoms with Gasteiger partial charge >= 0.3 is 0 Å². The monoisotopic (exact) mass is 249 g/mol. The van der Waals surface area contributed by atoms with E-state index in [2.05, 4.69) is 33.0 Å². The normalized spacial score (nSPS) is 15.1. The van der Waals surface area contributed by atoms with Crippen molar-refractivity contribution in [1.82, 2.24) is 5.32 Å². The van der Waals surface area contributed by atoms with Crippen LogP contribution in [0.15, 0.2) is 0 Å². The summed E-state index contributed by atoms with van der Waals surface area (Å²) in [5, 5.41) is 3.11. The van der Waals surface area contributed by atoms with Gasteiger partial charge in [0.05, 0.1) is 11.5 Å². The van der Waals surface area contributed by atoms with Crippen molar-refractivity contribution in [2.45, 2.75) is 53.0 Å². The fraction of sp³-hybridized carbons (Fsp3) is 1.00. The molecule has 0 heterocycles. The number of nitrogens with one attached hydrogen (secondary N) is 1. The van der Waals surface area contributed by atoms with Crippen LogP contribution in [0, 0.1) is 5.41 Å². The van der Waals surface area contributed by atoms with Crippen molar-refractivity contribution in [1.29, 1.82) is 0 Å². The van der Waals surface area contributed by atoms with Crippen LogP contribution < -0.4 is 5.32 Å². The molecular formula is C12H27NO2S. The van der Waals surface area contributed by atoms with Gasteiger partial charge in [0.15, 0.2) is 9.84 Å². The maximum atomic E-state index is 11.9. The maximum Gasteiger partial charge on any atom is 0.151 e. The molecule has 0 rings (SSSR count). The van der Waals surface area contributed by atoms with E-state index in [9.17, 15) is 8.42 Å². The van der Waals surface area contributed by atoms with Gasteiger partial charge in [-0.05, 0) is 18.9 Å². The lowest BCUT2D eigenvalue weighted by molar-refractivity contribution is 0.302.